The second-order valence-corrected chi connectivity index (χ2v) is 9.06. The molecule has 130 valence electrons. The van der Waals surface area contributed by atoms with Crippen molar-refractivity contribution in [2.45, 2.75) is 84.6 Å². The van der Waals surface area contributed by atoms with Crippen LogP contribution in [0, 0.1) is 0 Å². The van der Waals surface area contributed by atoms with E-state index in [9.17, 15) is 4.79 Å². The van der Waals surface area contributed by atoms with Gasteiger partial charge in [0.2, 0.25) is 0 Å². The van der Waals surface area contributed by atoms with Crippen LogP contribution in [0.15, 0.2) is 12.7 Å². The molecule has 0 radical (unpaired) electrons. The molecule has 22 heavy (non-hydrogen) atoms. The lowest BCUT2D eigenvalue weighted by molar-refractivity contribution is -0.157. The number of hydrogen-bond donors (Lipinski definition) is 0. The van der Waals surface area contributed by atoms with Gasteiger partial charge in [-0.25, -0.2) is 4.79 Å². The Morgan fingerprint density at radius 1 is 1.14 bits per heavy atom. The fourth-order valence-electron chi connectivity index (χ4n) is 2.46. The van der Waals surface area contributed by atoms with E-state index in [0.717, 1.165) is 18.5 Å². The van der Waals surface area contributed by atoms with Crippen LogP contribution in [0.5, 0.6) is 0 Å². The first-order chi connectivity index (χ1) is 10.5. The van der Waals surface area contributed by atoms with E-state index in [1.807, 2.05) is 13.5 Å². The Bertz CT molecular complexity index is 309. The maximum absolute atomic E-state index is 11.2. The van der Waals surface area contributed by atoms with Gasteiger partial charge in [0.05, 0.1) is 0 Å². The highest BCUT2D eigenvalue weighted by atomic mass is 28.4. The van der Waals surface area contributed by atoms with Crippen molar-refractivity contribution >= 4 is 14.5 Å². The van der Waals surface area contributed by atoms with Gasteiger partial charge in [0, 0.05) is 12.7 Å². The molecule has 0 aliphatic rings. The first-order valence-electron chi connectivity index (χ1n) is 8.62. The average molecular weight is 331 g/mol. The van der Waals surface area contributed by atoms with Crippen molar-refractivity contribution in [2.75, 3.05) is 6.61 Å². The number of carbonyl (C=O) groups is 1. The number of hydrogen-bond acceptors (Lipinski definition) is 4. The van der Waals surface area contributed by atoms with Crippen LogP contribution >= 0.6 is 0 Å². The summed E-state index contributed by atoms with van der Waals surface area (Å²) >= 11 is 0. The van der Waals surface area contributed by atoms with E-state index in [1.54, 1.807) is 6.92 Å². The van der Waals surface area contributed by atoms with Gasteiger partial charge in [-0.2, -0.15) is 0 Å². The summed E-state index contributed by atoms with van der Waals surface area (Å²) in [5.41, 5.74) is 0. The first-order valence-corrected chi connectivity index (χ1v) is 11.1. The Hall–Kier alpha value is -0.653. The van der Waals surface area contributed by atoms with E-state index in [-0.39, 0.29) is 0 Å². The molecule has 4 nitrogen and oxygen atoms in total. The Kier molecular flexibility index (Phi) is 12.5. The molecular weight excluding hydrogens is 296 g/mol. The summed E-state index contributed by atoms with van der Waals surface area (Å²) in [6.45, 7) is 12.0. The topological polar surface area (TPSA) is 44.8 Å². The fourth-order valence-corrected chi connectivity index (χ4v) is 5.04. The van der Waals surface area contributed by atoms with Crippen molar-refractivity contribution in [1.29, 1.82) is 0 Å². The summed E-state index contributed by atoms with van der Waals surface area (Å²) < 4.78 is 16.9. The summed E-state index contributed by atoms with van der Waals surface area (Å²) in [5, 5.41) is 0. The predicted molar refractivity (Wildman–Crippen MR) is 92.9 cm³/mol. The van der Waals surface area contributed by atoms with Gasteiger partial charge < -0.3 is 13.6 Å². The third kappa shape index (κ3) is 11.0. The molecule has 0 spiro atoms. The Morgan fingerprint density at radius 2 is 1.73 bits per heavy atom. The van der Waals surface area contributed by atoms with E-state index < -0.39 is 20.8 Å². The first kappa shape index (κ1) is 21.3. The molecule has 0 bridgehead atoms. The maximum atomic E-state index is 11.2. The smallest absolute Gasteiger partial charge is 0.337 e. The van der Waals surface area contributed by atoms with Crippen LogP contribution in [-0.2, 0) is 18.4 Å². The van der Waals surface area contributed by atoms with Crippen molar-refractivity contribution in [3.8, 4) is 0 Å². The van der Waals surface area contributed by atoms with Crippen LogP contribution in [0.1, 0.15) is 65.7 Å². The zero-order valence-electron chi connectivity index (χ0n) is 14.9. The highest BCUT2D eigenvalue weighted by Gasteiger charge is 2.33. The van der Waals surface area contributed by atoms with Gasteiger partial charge in [-0.3, -0.25) is 0 Å². The monoisotopic (exact) mass is 330 g/mol. The minimum atomic E-state index is -2.28. The van der Waals surface area contributed by atoms with Crippen LogP contribution in [0.2, 0.25) is 12.6 Å². The van der Waals surface area contributed by atoms with Crippen molar-refractivity contribution < 1.29 is 18.4 Å². The molecule has 0 amide bonds. The van der Waals surface area contributed by atoms with E-state index in [2.05, 4.69) is 13.5 Å². The predicted octanol–water partition coefficient (Wildman–Crippen LogP) is 4.94. The van der Waals surface area contributed by atoms with Crippen LogP contribution < -0.4 is 0 Å². The largest absolute Gasteiger partial charge is 0.434 e. The summed E-state index contributed by atoms with van der Waals surface area (Å²) in [6, 6.07) is 0.935. The third-order valence-electron chi connectivity index (χ3n) is 3.55. The zero-order valence-corrected chi connectivity index (χ0v) is 15.9. The molecular formula is C17H34O4Si. The molecule has 0 aromatic rings. The third-order valence-corrected chi connectivity index (χ3v) is 6.54. The summed E-state index contributed by atoms with van der Waals surface area (Å²) in [4.78, 5) is 11.2. The molecule has 0 saturated carbocycles. The number of ether oxygens (including phenoxy) is 1. The molecule has 5 heteroatoms. The van der Waals surface area contributed by atoms with Gasteiger partial charge in [-0.1, -0.05) is 58.4 Å². The fraction of sp³-hybridized carbons (Fsp3) is 0.824. The van der Waals surface area contributed by atoms with Crippen molar-refractivity contribution in [3.63, 3.8) is 0 Å². The molecule has 2 atom stereocenters. The van der Waals surface area contributed by atoms with Crippen LogP contribution in [0.4, 0.5) is 0 Å². The molecule has 0 aliphatic carbocycles. The minimum Gasteiger partial charge on any atom is -0.434 e. The zero-order chi connectivity index (χ0) is 16.8. The van der Waals surface area contributed by atoms with Gasteiger partial charge in [0.25, 0.3) is 0 Å². The van der Waals surface area contributed by atoms with Gasteiger partial charge in [-0.15, -0.1) is 0 Å². The lowest BCUT2D eigenvalue weighted by Crippen LogP contribution is -2.42. The normalized spacial score (nSPS) is 15.1. The van der Waals surface area contributed by atoms with Crippen LogP contribution in [0.3, 0.4) is 0 Å². The highest BCUT2D eigenvalue weighted by Crippen LogP contribution is 2.21. The van der Waals surface area contributed by atoms with Gasteiger partial charge in [0.15, 0.2) is 6.29 Å². The quantitative estimate of drug-likeness (QED) is 0.149. The number of esters is 1. The van der Waals surface area contributed by atoms with E-state index in [1.165, 1.54) is 38.5 Å². The van der Waals surface area contributed by atoms with Crippen LogP contribution in [-0.4, -0.2) is 27.4 Å². The molecule has 0 N–H and O–H groups in total. The number of unbranched alkanes of at least 4 members (excludes halogenated alkanes) is 6. The van der Waals surface area contributed by atoms with E-state index in [4.69, 9.17) is 13.6 Å². The molecule has 0 aromatic carbocycles. The van der Waals surface area contributed by atoms with Crippen molar-refractivity contribution in [3.05, 3.63) is 12.7 Å². The maximum Gasteiger partial charge on any atom is 0.337 e. The lowest BCUT2D eigenvalue weighted by atomic mass is 10.1. The standard InChI is InChI=1S/C17H34O4Si/c1-6-9-10-11-12-13-14-15-22(5,19-8-3)21-16(4)20-17(18)7-2/h7,16H,2,6,8-15H2,1,3-5H3. The highest BCUT2D eigenvalue weighted by molar-refractivity contribution is 6.66. The summed E-state index contributed by atoms with van der Waals surface area (Å²) in [7, 11) is -2.28. The molecule has 0 aliphatic heterocycles. The van der Waals surface area contributed by atoms with Crippen LogP contribution in [0.25, 0.3) is 0 Å². The molecule has 2 unspecified atom stereocenters. The van der Waals surface area contributed by atoms with Gasteiger partial charge in [0.1, 0.15) is 0 Å². The summed E-state index contributed by atoms with van der Waals surface area (Å²) in [5.74, 6) is -0.462. The SMILES string of the molecule is C=CC(=O)OC(C)O[Si](C)(CCCCCCCCC)OCC. The van der Waals surface area contributed by atoms with Gasteiger partial charge in [-0.05, 0) is 26.4 Å². The molecule has 0 heterocycles. The lowest BCUT2D eigenvalue weighted by Gasteiger charge is -2.29. The average Bonchev–Trinajstić information content (AvgIpc) is 2.46. The second-order valence-electron chi connectivity index (χ2n) is 5.76. The Labute approximate surface area is 137 Å². The van der Waals surface area contributed by atoms with Gasteiger partial charge >= 0.3 is 14.5 Å². The van der Waals surface area contributed by atoms with E-state index in [0.29, 0.717) is 6.61 Å². The summed E-state index contributed by atoms with van der Waals surface area (Å²) in [6.07, 6.45) is 9.42. The molecule has 0 aromatic heterocycles. The number of rotatable bonds is 14. The van der Waals surface area contributed by atoms with E-state index >= 15 is 0 Å². The second kappa shape index (κ2) is 12.8. The van der Waals surface area contributed by atoms with Crippen molar-refractivity contribution in [1.82, 2.24) is 0 Å². The molecule has 0 fully saturated rings. The van der Waals surface area contributed by atoms with Crippen molar-refractivity contribution in [2.24, 2.45) is 0 Å². The molecule has 0 saturated heterocycles. The Morgan fingerprint density at radius 3 is 2.27 bits per heavy atom. The number of carbonyl (C=O) groups excluding carboxylic acids is 1. The molecule has 0 rings (SSSR count). The minimum absolute atomic E-state index is 0.462. The Balaban J connectivity index is 4.08.